The zero-order valence-electron chi connectivity index (χ0n) is 9.44. The number of methoxy groups -OCH3 is 1. The monoisotopic (exact) mass is 291 g/mol. The number of nitrogens with one attached hydrogen (secondary N) is 1. The molecule has 0 saturated carbocycles. The first-order valence-corrected chi connectivity index (χ1v) is 5.69. The van der Waals surface area contributed by atoms with E-state index in [1.54, 1.807) is 0 Å². The quantitative estimate of drug-likeness (QED) is 0.868. The lowest BCUT2D eigenvalue weighted by atomic mass is 10.2. The minimum atomic E-state index is -1.18. The molecule has 0 radical (unpaired) electrons. The van der Waals surface area contributed by atoms with Gasteiger partial charge < -0.3 is 15.2 Å². The Morgan fingerprint density at radius 3 is 2.61 bits per heavy atom. The first-order chi connectivity index (χ1) is 8.45. The van der Waals surface area contributed by atoms with Crippen LogP contribution in [-0.4, -0.2) is 36.7 Å². The van der Waals surface area contributed by atoms with E-state index >= 15 is 0 Å². The first kappa shape index (κ1) is 14.8. The van der Waals surface area contributed by atoms with Crippen LogP contribution in [0, 0.1) is 0 Å². The van der Waals surface area contributed by atoms with Gasteiger partial charge in [-0.3, -0.25) is 4.79 Å². The fraction of sp³-hybridized carbons (Fsp3) is 0.273. The van der Waals surface area contributed by atoms with Gasteiger partial charge >= 0.3 is 5.97 Å². The molecule has 18 heavy (non-hydrogen) atoms. The molecule has 0 saturated heterocycles. The summed E-state index contributed by atoms with van der Waals surface area (Å²) in [5, 5.41) is 11.7. The predicted octanol–water partition coefficient (Wildman–Crippen LogP) is 1.82. The summed E-state index contributed by atoms with van der Waals surface area (Å²) in [6.45, 7) is -0.133. The Labute approximate surface area is 114 Å². The van der Waals surface area contributed by atoms with Crippen LogP contribution in [0.2, 0.25) is 10.0 Å². The average molecular weight is 292 g/mol. The van der Waals surface area contributed by atoms with E-state index in [9.17, 15) is 9.59 Å². The van der Waals surface area contributed by atoms with Crippen LogP contribution in [-0.2, 0) is 9.53 Å². The van der Waals surface area contributed by atoms with Crippen molar-refractivity contribution < 1.29 is 19.4 Å². The summed E-state index contributed by atoms with van der Waals surface area (Å²) in [6, 6.07) is 3.19. The highest BCUT2D eigenvalue weighted by molar-refractivity contribution is 6.36. The number of carbonyl (C=O) groups is 2. The molecule has 0 aliphatic rings. The van der Waals surface area contributed by atoms with Gasteiger partial charge in [0.05, 0.1) is 17.2 Å². The molecule has 1 aromatic rings. The summed E-state index contributed by atoms with van der Waals surface area (Å²) in [5.74, 6) is -1.78. The van der Waals surface area contributed by atoms with E-state index in [2.05, 4.69) is 5.32 Å². The van der Waals surface area contributed by atoms with Crippen molar-refractivity contribution in [2.45, 2.75) is 6.04 Å². The van der Waals surface area contributed by atoms with Crippen LogP contribution in [0.3, 0.4) is 0 Å². The highest BCUT2D eigenvalue weighted by atomic mass is 35.5. The number of carboxylic acid groups (broad SMARTS) is 1. The van der Waals surface area contributed by atoms with Gasteiger partial charge in [-0.05, 0) is 18.2 Å². The van der Waals surface area contributed by atoms with E-state index in [1.807, 2.05) is 0 Å². The average Bonchev–Trinajstić information content (AvgIpc) is 2.27. The Morgan fingerprint density at radius 2 is 2.11 bits per heavy atom. The molecule has 1 rings (SSSR count). The molecule has 7 heteroatoms. The van der Waals surface area contributed by atoms with Gasteiger partial charge in [-0.15, -0.1) is 0 Å². The summed E-state index contributed by atoms with van der Waals surface area (Å²) in [7, 11) is 1.34. The molecule has 5 nitrogen and oxygen atoms in total. The Balaban J connectivity index is 2.83. The van der Waals surface area contributed by atoms with Crippen LogP contribution in [0.5, 0.6) is 0 Å². The van der Waals surface area contributed by atoms with E-state index < -0.39 is 17.9 Å². The first-order valence-electron chi connectivity index (χ1n) is 4.93. The van der Waals surface area contributed by atoms with Crippen molar-refractivity contribution in [1.29, 1.82) is 0 Å². The van der Waals surface area contributed by atoms with Gasteiger partial charge in [0.15, 0.2) is 6.04 Å². The summed E-state index contributed by atoms with van der Waals surface area (Å²) in [4.78, 5) is 22.7. The molecule has 1 unspecified atom stereocenters. The van der Waals surface area contributed by atoms with E-state index in [4.69, 9.17) is 33.0 Å². The van der Waals surface area contributed by atoms with Gasteiger partial charge in [0.25, 0.3) is 5.91 Å². The topological polar surface area (TPSA) is 75.6 Å². The smallest absolute Gasteiger partial charge is 0.328 e. The molecule has 0 bridgehead atoms. The van der Waals surface area contributed by atoms with Gasteiger partial charge in [0.1, 0.15) is 0 Å². The molecule has 1 aromatic carbocycles. The third kappa shape index (κ3) is 3.87. The van der Waals surface area contributed by atoms with Crippen LogP contribution < -0.4 is 5.32 Å². The number of hydrogen-bond acceptors (Lipinski definition) is 3. The molecule has 1 atom stereocenters. The summed E-state index contributed by atoms with van der Waals surface area (Å²) < 4.78 is 4.70. The fourth-order valence-electron chi connectivity index (χ4n) is 1.25. The zero-order chi connectivity index (χ0) is 13.7. The molecule has 0 aliphatic heterocycles. The van der Waals surface area contributed by atoms with Crippen LogP contribution >= 0.6 is 23.2 Å². The lowest BCUT2D eigenvalue weighted by molar-refractivity contribution is -0.140. The van der Waals surface area contributed by atoms with Crippen molar-refractivity contribution in [2.24, 2.45) is 0 Å². The number of aliphatic carboxylic acids is 1. The Bertz CT molecular complexity index is 464. The number of carbonyl (C=O) groups excluding carboxylic acids is 1. The van der Waals surface area contributed by atoms with E-state index in [1.165, 1.54) is 25.3 Å². The highest BCUT2D eigenvalue weighted by Gasteiger charge is 2.21. The lowest BCUT2D eigenvalue weighted by Gasteiger charge is -2.14. The fourth-order valence-corrected chi connectivity index (χ4v) is 1.75. The van der Waals surface area contributed by atoms with E-state index in [-0.39, 0.29) is 17.2 Å². The van der Waals surface area contributed by atoms with Crippen molar-refractivity contribution in [3.05, 3.63) is 33.8 Å². The van der Waals surface area contributed by atoms with Crippen molar-refractivity contribution in [3.8, 4) is 0 Å². The largest absolute Gasteiger partial charge is 0.480 e. The maximum absolute atomic E-state index is 11.8. The number of halogens is 2. The summed E-state index contributed by atoms with van der Waals surface area (Å²) >= 11 is 11.5. The van der Waals surface area contributed by atoms with Crippen LogP contribution in [0.15, 0.2) is 18.2 Å². The Kier molecular flexibility index (Phi) is 5.40. The maximum atomic E-state index is 11.8. The number of ether oxygens (including phenoxy) is 1. The van der Waals surface area contributed by atoms with Gasteiger partial charge in [0.2, 0.25) is 0 Å². The van der Waals surface area contributed by atoms with Gasteiger partial charge in [-0.2, -0.15) is 0 Å². The lowest BCUT2D eigenvalue weighted by Crippen LogP contribution is -2.43. The molecule has 1 amide bonds. The van der Waals surface area contributed by atoms with Gasteiger partial charge in [0, 0.05) is 12.1 Å². The number of carboxylic acids is 1. The number of amides is 1. The number of rotatable bonds is 5. The van der Waals surface area contributed by atoms with Gasteiger partial charge in [-0.1, -0.05) is 23.2 Å². The minimum Gasteiger partial charge on any atom is -0.480 e. The van der Waals surface area contributed by atoms with Crippen LogP contribution in [0.25, 0.3) is 0 Å². The molecule has 0 fully saturated rings. The number of hydrogen-bond donors (Lipinski definition) is 2. The van der Waals surface area contributed by atoms with Crippen molar-refractivity contribution in [1.82, 2.24) is 5.32 Å². The molecular formula is C11H11Cl2NO4. The predicted molar refractivity (Wildman–Crippen MR) is 67.2 cm³/mol. The van der Waals surface area contributed by atoms with Crippen molar-refractivity contribution in [2.75, 3.05) is 13.7 Å². The van der Waals surface area contributed by atoms with Crippen molar-refractivity contribution >= 4 is 35.1 Å². The van der Waals surface area contributed by atoms with E-state index in [0.717, 1.165) is 0 Å². The molecule has 2 N–H and O–H groups in total. The summed E-state index contributed by atoms with van der Waals surface area (Å²) in [6.07, 6.45) is 0. The minimum absolute atomic E-state index is 0.133. The molecule has 0 aromatic heterocycles. The third-order valence-electron chi connectivity index (χ3n) is 2.11. The second-order valence-electron chi connectivity index (χ2n) is 3.44. The Morgan fingerprint density at radius 1 is 1.44 bits per heavy atom. The highest BCUT2D eigenvalue weighted by Crippen LogP contribution is 2.20. The normalized spacial score (nSPS) is 11.9. The van der Waals surface area contributed by atoms with Crippen LogP contribution in [0.4, 0.5) is 0 Å². The second kappa shape index (κ2) is 6.58. The molecule has 0 aliphatic carbocycles. The number of benzene rings is 1. The van der Waals surface area contributed by atoms with E-state index in [0.29, 0.717) is 5.02 Å². The molecule has 98 valence electrons. The molecular weight excluding hydrogens is 281 g/mol. The maximum Gasteiger partial charge on any atom is 0.328 e. The van der Waals surface area contributed by atoms with Gasteiger partial charge in [-0.25, -0.2) is 4.79 Å². The summed E-state index contributed by atoms with van der Waals surface area (Å²) in [5.41, 5.74) is 0.156. The molecule has 0 heterocycles. The third-order valence-corrected chi connectivity index (χ3v) is 2.66. The van der Waals surface area contributed by atoms with Crippen LogP contribution in [0.1, 0.15) is 10.4 Å². The Hall–Kier alpha value is -1.30. The SMILES string of the molecule is COCC(NC(=O)c1ccc(Cl)cc1Cl)C(=O)O. The standard InChI is InChI=1S/C11H11Cl2NO4/c1-18-5-9(11(16)17)14-10(15)7-3-2-6(12)4-8(7)13/h2-4,9H,5H2,1H3,(H,14,15)(H,16,17). The molecule has 0 spiro atoms. The van der Waals surface area contributed by atoms with Crippen molar-refractivity contribution in [3.63, 3.8) is 0 Å². The second-order valence-corrected chi connectivity index (χ2v) is 4.29. The zero-order valence-corrected chi connectivity index (χ0v) is 11.0.